The summed E-state index contributed by atoms with van der Waals surface area (Å²) in [6.45, 7) is 1.93. The predicted octanol–water partition coefficient (Wildman–Crippen LogP) is 2.30. The summed E-state index contributed by atoms with van der Waals surface area (Å²) in [5.41, 5.74) is 0.769. The summed E-state index contributed by atoms with van der Waals surface area (Å²) in [5, 5.41) is 0. The third-order valence-electron chi connectivity index (χ3n) is 2.77. The van der Waals surface area contributed by atoms with E-state index in [1.807, 2.05) is 6.92 Å². The van der Waals surface area contributed by atoms with Crippen LogP contribution in [0.5, 0.6) is 5.75 Å². The van der Waals surface area contributed by atoms with Gasteiger partial charge in [0.1, 0.15) is 5.75 Å². The van der Waals surface area contributed by atoms with Crippen LogP contribution in [-0.2, 0) is 16.4 Å². The number of methoxy groups -OCH3 is 1. The highest BCUT2D eigenvalue weighted by molar-refractivity contribution is 7.90. The molecule has 0 unspecified atom stereocenters. The third kappa shape index (κ3) is 2.13. The lowest BCUT2D eigenvalue weighted by Crippen LogP contribution is -2.14. The Hall–Kier alpha value is -1.75. The molecule has 18 heavy (non-hydrogen) atoms. The maximum Gasteiger partial charge on any atom is 0.267 e. The summed E-state index contributed by atoms with van der Waals surface area (Å²) < 4.78 is 31.1. The van der Waals surface area contributed by atoms with E-state index >= 15 is 0 Å². The first-order valence-corrected chi connectivity index (χ1v) is 7.09. The fraction of sp³-hybridized carbons (Fsp3) is 0.231. The van der Waals surface area contributed by atoms with E-state index < -0.39 is 10.0 Å². The molecule has 0 N–H and O–H groups in total. The molecule has 0 atom stereocenters. The largest absolute Gasteiger partial charge is 0.497 e. The van der Waals surface area contributed by atoms with Gasteiger partial charge >= 0.3 is 0 Å². The van der Waals surface area contributed by atoms with E-state index in [1.54, 1.807) is 49.7 Å². The molecule has 0 saturated heterocycles. The quantitative estimate of drug-likeness (QED) is 0.852. The van der Waals surface area contributed by atoms with E-state index in [9.17, 15) is 8.42 Å². The first kappa shape index (κ1) is 12.7. The van der Waals surface area contributed by atoms with Crippen molar-refractivity contribution in [2.75, 3.05) is 7.11 Å². The molecule has 4 nitrogen and oxygen atoms in total. The molecule has 1 aromatic carbocycles. The standard InChI is InChI=1S/C13H15NO3S/c1-3-11-5-4-10-14(11)18(15,16)13-8-6-12(17-2)7-9-13/h4-10H,3H2,1-2H3. The average Bonchev–Trinajstić information content (AvgIpc) is 2.88. The van der Waals surface area contributed by atoms with E-state index in [0.29, 0.717) is 12.2 Å². The first-order chi connectivity index (χ1) is 8.59. The van der Waals surface area contributed by atoms with Gasteiger partial charge in [-0.05, 0) is 42.8 Å². The molecule has 0 radical (unpaired) electrons. The van der Waals surface area contributed by atoms with Crippen molar-refractivity contribution in [3.63, 3.8) is 0 Å². The number of ether oxygens (including phenoxy) is 1. The van der Waals surface area contributed by atoms with Crippen LogP contribution in [0.4, 0.5) is 0 Å². The van der Waals surface area contributed by atoms with Crippen molar-refractivity contribution in [1.29, 1.82) is 0 Å². The number of aryl methyl sites for hydroxylation is 1. The van der Waals surface area contributed by atoms with Crippen molar-refractivity contribution in [1.82, 2.24) is 3.97 Å². The van der Waals surface area contributed by atoms with Gasteiger partial charge in [-0.15, -0.1) is 0 Å². The molecule has 5 heteroatoms. The fourth-order valence-electron chi connectivity index (χ4n) is 1.77. The lowest BCUT2D eigenvalue weighted by atomic mass is 10.3. The van der Waals surface area contributed by atoms with Crippen LogP contribution < -0.4 is 4.74 Å². The van der Waals surface area contributed by atoms with E-state index in [1.165, 1.54) is 3.97 Å². The highest BCUT2D eigenvalue weighted by Gasteiger charge is 2.18. The van der Waals surface area contributed by atoms with Crippen molar-refractivity contribution in [2.45, 2.75) is 18.2 Å². The van der Waals surface area contributed by atoms with Crippen LogP contribution in [0.2, 0.25) is 0 Å². The topological polar surface area (TPSA) is 48.3 Å². The Labute approximate surface area is 107 Å². The van der Waals surface area contributed by atoms with Crippen LogP contribution >= 0.6 is 0 Å². The molecule has 0 aliphatic rings. The van der Waals surface area contributed by atoms with Crippen molar-refractivity contribution in [3.05, 3.63) is 48.3 Å². The number of nitrogens with zero attached hydrogens (tertiary/aromatic N) is 1. The monoisotopic (exact) mass is 265 g/mol. The summed E-state index contributed by atoms with van der Waals surface area (Å²) in [7, 11) is -1.96. The first-order valence-electron chi connectivity index (χ1n) is 5.65. The van der Waals surface area contributed by atoms with Gasteiger partial charge in [0.15, 0.2) is 0 Å². The zero-order chi connectivity index (χ0) is 13.2. The Morgan fingerprint density at radius 3 is 2.39 bits per heavy atom. The normalized spacial score (nSPS) is 11.4. The summed E-state index contributed by atoms with van der Waals surface area (Å²) in [4.78, 5) is 0.259. The molecule has 96 valence electrons. The molecule has 0 saturated carbocycles. The van der Waals surface area contributed by atoms with Gasteiger partial charge in [0, 0.05) is 11.9 Å². The van der Waals surface area contributed by atoms with E-state index in [2.05, 4.69) is 0 Å². The van der Waals surface area contributed by atoms with Gasteiger partial charge in [0.05, 0.1) is 12.0 Å². The summed E-state index contributed by atoms with van der Waals surface area (Å²) in [6.07, 6.45) is 2.24. The molecule has 2 aromatic rings. The molecule has 0 bridgehead atoms. The molecule has 1 aromatic heterocycles. The molecule has 0 aliphatic heterocycles. The second kappa shape index (κ2) is 4.86. The van der Waals surface area contributed by atoms with Crippen LogP contribution in [0, 0.1) is 0 Å². The Balaban J connectivity index is 2.48. The molecule has 0 aliphatic carbocycles. The van der Waals surface area contributed by atoms with E-state index in [0.717, 1.165) is 5.69 Å². The van der Waals surface area contributed by atoms with Gasteiger partial charge in [0.25, 0.3) is 10.0 Å². The van der Waals surface area contributed by atoms with Gasteiger partial charge in [-0.1, -0.05) is 6.92 Å². The maximum atomic E-state index is 12.4. The van der Waals surface area contributed by atoms with Crippen LogP contribution in [0.1, 0.15) is 12.6 Å². The van der Waals surface area contributed by atoms with Crippen LogP contribution in [0.3, 0.4) is 0 Å². The zero-order valence-corrected chi connectivity index (χ0v) is 11.1. The lowest BCUT2D eigenvalue weighted by molar-refractivity contribution is 0.414. The molecular formula is C13H15NO3S. The highest BCUT2D eigenvalue weighted by atomic mass is 32.2. The molecular weight excluding hydrogens is 250 g/mol. The van der Waals surface area contributed by atoms with Crippen molar-refractivity contribution >= 4 is 10.0 Å². The Morgan fingerprint density at radius 2 is 1.83 bits per heavy atom. The summed E-state index contributed by atoms with van der Waals surface area (Å²) in [6, 6.07) is 9.92. The average molecular weight is 265 g/mol. The molecule has 0 amide bonds. The number of rotatable bonds is 4. The Morgan fingerprint density at radius 1 is 1.17 bits per heavy atom. The zero-order valence-electron chi connectivity index (χ0n) is 10.3. The Kier molecular flexibility index (Phi) is 3.43. The van der Waals surface area contributed by atoms with Gasteiger partial charge in [-0.25, -0.2) is 12.4 Å². The van der Waals surface area contributed by atoms with Gasteiger partial charge in [-0.2, -0.15) is 0 Å². The van der Waals surface area contributed by atoms with Crippen LogP contribution in [0.15, 0.2) is 47.5 Å². The summed E-state index contributed by atoms with van der Waals surface area (Å²) in [5.74, 6) is 0.636. The van der Waals surface area contributed by atoms with Crippen molar-refractivity contribution in [3.8, 4) is 5.75 Å². The number of aromatic nitrogens is 1. The third-order valence-corrected chi connectivity index (χ3v) is 4.51. The number of benzene rings is 1. The minimum absolute atomic E-state index is 0.259. The number of hydrogen-bond donors (Lipinski definition) is 0. The second-order valence-corrected chi connectivity index (χ2v) is 5.64. The number of hydrogen-bond acceptors (Lipinski definition) is 3. The SMILES string of the molecule is CCc1cccn1S(=O)(=O)c1ccc(OC)cc1. The highest BCUT2D eigenvalue weighted by Crippen LogP contribution is 2.20. The van der Waals surface area contributed by atoms with Crippen molar-refractivity contribution in [2.24, 2.45) is 0 Å². The van der Waals surface area contributed by atoms with E-state index in [-0.39, 0.29) is 4.90 Å². The van der Waals surface area contributed by atoms with Crippen molar-refractivity contribution < 1.29 is 13.2 Å². The van der Waals surface area contributed by atoms with Gasteiger partial charge < -0.3 is 4.74 Å². The maximum absolute atomic E-state index is 12.4. The van der Waals surface area contributed by atoms with E-state index in [4.69, 9.17) is 4.74 Å². The predicted molar refractivity (Wildman–Crippen MR) is 69.4 cm³/mol. The van der Waals surface area contributed by atoms with Gasteiger partial charge in [0.2, 0.25) is 0 Å². The van der Waals surface area contributed by atoms with Crippen LogP contribution in [0.25, 0.3) is 0 Å². The fourth-order valence-corrected chi connectivity index (χ4v) is 3.21. The lowest BCUT2D eigenvalue weighted by Gasteiger charge is -2.09. The smallest absolute Gasteiger partial charge is 0.267 e. The van der Waals surface area contributed by atoms with Crippen LogP contribution in [-0.4, -0.2) is 19.5 Å². The molecule has 1 heterocycles. The molecule has 0 spiro atoms. The Bertz CT molecular complexity index is 627. The van der Waals surface area contributed by atoms with Gasteiger partial charge in [-0.3, -0.25) is 0 Å². The minimum Gasteiger partial charge on any atom is -0.497 e. The molecule has 0 fully saturated rings. The summed E-state index contributed by atoms with van der Waals surface area (Å²) >= 11 is 0. The second-order valence-electron chi connectivity index (χ2n) is 3.83. The molecule has 2 rings (SSSR count). The minimum atomic E-state index is -3.50.